The molecule has 0 radical (unpaired) electrons. The van der Waals surface area contributed by atoms with E-state index in [0.717, 1.165) is 40.8 Å². The van der Waals surface area contributed by atoms with Crippen molar-refractivity contribution < 1.29 is 18.6 Å². The molecular weight excluding hydrogens is 503 g/mol. The van der Waals surface area contributed by atoms with Gasteiger partial charge in [-0.15, -0.1) is 0 Å². The first-order chi connectivity index (χ1) is 18.5. The van der Waals surface area contributed by atoms with Gasteiger partial charge < -0.3 is 14.2 Å². The lowest BCUT2D eigenvalue weighted by Crippen LogP contribution is -2.38. The van der Waals surface area contributed by atoms with Crippen molar-refractivity contribution >= 4 is 23.1 Å². The number of thiazole rings is 1. The molecule has 3 aromatic carbocycles. The Kier molecular flexibility index (Phi) is 6.12. The van der Waals surface area contributed by atoms with Gasteiger partial charge in [0.15, 0.2) is 16.3 Å². The summed E-state index contributed by atoms with van der Waals surface area (Å²) in [6.07, 6.45) is 3.44. The van der Waals surface area contributed by atoms with E-state index in [0.29, 0.717) is 26.6 Å². The smallest absolute Gasteiger partial charge is 0.271 e. The van der Waals surface area contributed by atoms with Crippen LogP contribution in [0, 0.1) is 5.82 Å². The molecule has 1 aromatic heterocycles. The quantitative estimate of drug-likeness (QED) is 0.383. The van der Waals surface area contributed by atoms with Gasteiger partial charge in [0.25, 0.3) is 5.56 Å². The Labute approximate surface area is 222 Å². The molecular formula is C30H25FN2O4S. The second kappa shape index (κ2) is 9.61. The standard InChI is InChI=1S/C30H25FN2O4S/c1-35-23-14-17(15-24(36-2)28(23)37-3)16-25-29(34)33-27(19-8-11-20(31)12-9-19)22-13-10-18-6-4-5-7-21(18)26(22)32-30(33)38-25/h4-9,11-12,14-16,27H,10,13H2,1-3H3/b25-16+/t27-/m1/s1. The summed E-state index contributed by atoms with van der Waals surface area (Å²) in [5.41, 5.74) is 5.74. The summed E-state index contributed by atoms with van der Waals surface area (Å²) in [5, 5.41) is 0. The minimum atomic E-state index is -0.364. The Morgan fingerprint density at radius 3 is 2.37 bits per heavy atom. The number of fused-ring (bicyclic) bond motifs is 3. The van der Waals surface area contributed by atoms with E-state index in [4.69, 9.17) is 19.2 Å². The van der Waals surface area contributed by atoms with Crippen molar-refractivity contribution in [2.45, 2.75) is 18.9 Å². The summed E-state index contributed by atoms with van der Waals surface area (Å²) in [7, 11) is 4.66. The van der Waals surface area contributed by atoms with Gasteiger partial charge in [-0.2, -0.15) is 0 Å². The molecule has 0 spiro atoms. The van der Waals surface area contributed by atoms with E-state index in [-0.39, 0.29) is 17.4 Å². The molecule has 0 unspecified atom stereocenters. The number of aryl methyl sites for hydroxylation is 1. The van der Waals surface area contributed by atoms with Crippen LogP contribution in [0.25, 0.3) is 11.8 Å². The maximum atomic E-state index is 13.9. The first-order valence-corrected chi connectivity index (χ1v) is 13.0. The molecule has 6 nitrogen and oxygen atoms in total. The highest BCUT2D eigenvalue weighted by molar-refractivity contribution is 7.07. The Hall–Kier alpha value is -4.17. The molecule has 2 aliphatic rings. The van der Waals surface area contributed by atoms with Crippen LogP contribution in [-0.2, 0) is 6.42 Å². The van der Waals surface area contributed by atoms with Crippen LogP contribution in [0.3, 0.4) is 0 Å². The van der Waals surface area contributed by atoms with Crippen LogP contribution in [0.15, 0.2) is 76.0 Å². The molecule has 1 aliphatic carbocycles. The molecule has 192 valence electrons. The van der Waals surface area contributed by atoms with Crippen molar-refractivity contribution in [2.75, 3.05) is 21.3 Å². The van der Waals surface area contributed by atoms with E-state index < -0.39 is 0 Å². The molecule has 2 heterocycles. The largest absolute Gasteiger partial charge is 0.493 e. The number of benzene rings is 3. The Morgan fingerprint density at radius 2 is 1.68 bits per heavy atom. The predicted octanol–water partition coefficient (Wildman–Crippen LogP) is 4.48. The molecule has 38 heavy (non-hydrogen) atoms. The SMILES string of the molecule is COc1cc(/C=c2/sc3n(c2=O)[C@H](c2ccc(F)cc2)C2=C(N=3)c3ccccc3CC2)cc(OC)c1OC. The molecule has 4 aromatic rings. The molecule has 0 bridgehead atoms. The van der Waals surface area contributed by atoms with Crippen LogP contribution in [0.4, 0.5) is 4.39 Å². The van der Waals surface area contributed by atoms with Crippen molar-refractivity contribution in [1.82, 2.24) is 4.57 Å². The van der Waals surface area contributed by atoms with Crippen LogP contribution in [0.5, 0.6) is 17.2 Å². The molecule has 0 fully saturated rings. The average Bonchev–Trinajstić information content (AvgIpc) is 3.25. The second-order valence-corrected chi connectivity index (χ2v) is 10.1. The summed E-state index contributed by atoms with van der Waals surface area (Å²) in [5.74, 6) is 1.17. The Balaban J connectivity index is 1.59. The fraction of sp³-hybridized carbons (Fsp3) is 0.200. The van der Waals surface area contributed by atoms with E-state index in [9.17, 15) is 9.18 Å². The highest BCUT2D eigenvalue weighted by Crippen LogP contribution is 2.41. The number of nitrogens with zero attached hydrogens (tertiary/aromatic N) is 2. The van der Waals surface area contributed by atoms with Crippen LogP contribution in [-0.4, -0.2) is 25.9 Å². The zero-order valence-electron chi connectivity index (χ0n) is 21.2. The number of methoxy groups -OCH3 is 3. The van der Waals surface area contributed by atoms with Gasteiger partial charge >= 0.3 is 0 Å². The number of hydrogen-bond acceptors (Lipinski definition) is 6. The van der Waals surface area contributed by atoms with Crippen molar-refractivity contribution in [3.63, 3.8) is 0 Å². The third-order valence-electron chi connectivity index (χ3n) is 7.04. The van der Waals surface area contributed by atoms with Gasteiger partial charge in [-0.25, -0.2) is 9.38 Å². The topological polar surface area (TPSA) is 62.1 Å². The van der Waals surface area contributed by atoms with Gasteiger partial charge in [-0.3, -0.25) is 9.36 Å². The van der Waals surface area contributed by atoms with E-state index >= 15 is 0 Å². The molecule has 8 heteroatoms. The van der Waals surface area contributed by atoms with Crippen molar-refractivity contribution in [2.24, 2.45) is 4.99 Å². The summed E-state index contributed by atoms with van der Waals surface area (Å²) >= 11 is 1.33. The minimum absolute atomic E-state index is 0.151. The minimum Gasteiger partial charge on any atom is -0.493 e. The highest BCUT2D eigenvalue weighted by atomic mass is 32.1. The van der Waals surface area contributed by atoms with E-state index in [2.05, 4.69) is 12.1 Å². The Bertz CT molecular complexity index is 1740. The van der Waals surface area contributed by atoms with Gasteiger partial charge in [-0.05, 0) is 65.4 Å². The maximum absolute atomic E-state index is 13.9. The normalized spacial score (nSPS) is 16.3. The Morgan fingerprint density at radius 1 is 0.974 bits per heavy atom. The van der Waals surface area contributed by atoms with Crippen molar-refractivity contribution in [3.8, 4) is 17.2 Å². The van der Waals surface area contributed by atoms with E-state index in [1.54, 1.807) is 50.2 Å². The van der Waals surface area contributed by atoms with Gasteiger partial charge in [0.05, 0.1) is 37.6 Å². The second-order valence-electron chi connectivity index (χ2n) is 9.12. The zero-order chi connectivity index (χ0) is 26.4. The predicted molar refractivity (Wildman–Crippen MR) is 145 cm³/mol. The lowest BCUT2D eigenvalue weighted by molar-refractivity contribution is 0.324. The van der Waals surface area contributed by atoms with Crippen molar-refractivity contribution in [1.29, 1.82) is 0 Å². The lowest BCUT2D eigenvalue weighted by atomic mass is 9.83. The van der Waals surface area contributed by atoms with Gasteiger partial charge in [0.2, 0.25) is 5.75 Å². The zero-order valence-corrected chi connectivity index (χ0v) is 22.0. The van der Waals surface area contributed by atoms with Crippen molar-refractivity contribution in [3.05, 3.63) is 114 Å². The number of allylic oxidation sites excluding steroid dienone is 1. The highest BCUT2D eigenvalue weighted by Gasteiger charge is 2.32. The summed E-state index contributed by atoms with van der Waals surface area (Å²) < 4.78 is 32.5. The monoisotopic (exact) mass is 528 g/mol. The number of hydrogen-bond donors (Lipinski definition) is 0. The lowest BCUT2D eigenvalue weighted by Gasteiger charge is -2.30. The molecule has 0 saturated carbocycles. The fourth-order valence-electron chi connectivity index (χ4n) is 5.30. The average molecular weight is 529 g/mol. The summed E-state index contributed by atoms with van der Waals surface area (Å²) in [6, 6.07) is 17.9. The van der Waals surface area contributed by atoms with Crippen LogP contribution >= 0.6 is 11.3 Å². The molecule has 1 atom stereocenters. The first-order valence-electron chi connectivity index (χ1n) is 12.2. The number of ether oxygens (including phenoxy) is 3. The van der Waals surface area contributed by atoms with E-state index in [1.165, 1.54) is 29.0 Å². The third-order valence-corrected chi connectivity index (χ3v) is 8.03. The molecule has 0 saturated heterocycles. The third kappa shape index (κ3) is 3.92. The van der Waals surface area contributed by atoms with E-state index in [1.807, 2.05) is 18.2 Å². The summed E-state index contributed by atoms with van der Waals surface area (Å²) in [4.78, 5) is 19.5. The van der Waals surface area contributed by atoms with Gasteiger partial charge in [0.1, 0.15) is 5.82 Å². The number of halogens is 1. The fourth-order valence-corrected chi connectivity index (χ4v) is 6.30. The summed E-state index contributed by atoms with van der Waals surface area (Å²) in [6.45, 7) is 0. The molecule has 6 rings (SSSR count). The number of rotatable bonds is 5. The number of aromatic nitrogens is 1. The van der Waals surface area contributed by atoms with Gasteiger partial charge in [0, 0.05) is 5.56 Å². The molecule has 1 aliphatic heterocycles. The maximum Gasteiger partial charge on any atom is 0.271 e. The molecule has 0 N–H and O–H groups in total. The molecule has 0 amide bonds. The van der Waals surface area contributed by atoms with Crippen LogP contribution in [0.1, 0.15) is 34.7 Å². The van der Waals surface area contributed by atoms with Gasteiger partial charge in [-0.1, -0.05) is 47.7 Å². The van der Waals surface area contributed by atoms with Crippen LogP contribution < -0.4 is 29.1 Å². The van der Waals surface area contributed by atoms with Crippen LogP contribution in [0.2, 0.25) is 0 Å². The first kappa shape index (κ1) is 24.2.